The van der Waals surface area contributed by atoms with Crippen molar-refractivity contribution < 1.29 is 33.3 Å². The van der Waals surface area contributed by atoms with E-state index < -0.39 is 24.5 Å². The molecule has 33 heavy (non-hydrogen) atoms. The molecular weight excluding hydrogens is 426 g/mol. The standard InChI is InChI=1S/C25H41NO7/c1-2-3-4-5-6-7-8-9-10-11-12-13-16-31-23-19-21(27)24(33-23)25(29)32-20-22(28)26-14-17-30-18-15-26/h19,24H,2-18,20H2,1H3. The van der Waals surface area contributed by atoms with E-state index in [2.05, 4.69) is 6.92 Å². The van der Waals surface area contributed by atoms with Crippen LogP contribution in [0.2, 0.25) is 0 Å². The van der Waals surface area contributed by atoms with Crippen LogP contribution in [0.4, 0.5) is 0 Å². The summed E-state index contributed by atoms with van der Waals surface area (Å²) in [5.41, 5.74) is 0. The molecule has 2 rings (SSSR count). The Labute approximate surface area is 197 Å². The fourth-order valence-electron chi connectivity index (χ4n) is 3.87. The van der Waals surface area contributed by atoms with Gasteiger partial charge in [0.2, 0.25) is 5.78 Å². The fraction of sp³-hybridized carbons (Fsp3) is 0.800. The molecule has 0 bridgehead atoms. The summed E-state index contributed by atoms with van der Waals surface area (Å²) in [5, 5.41) is 0. The predicted molar refractivity (Wildman–Crippen MR) is 123 cm³/mol. The first-order valence-corrected chi connectivity index (χ1v) is 12.7. The first kappa shape index (κ1) is 27.2. The van der Waals surface area contributed by atoms with Gasteiger partial charge in [-0.2, -0.15) is 0 Å². The van der Waals surface area contributed by atoms with Gasteiger partial charge in [0.15, 0.2) is 6.61 Å². The fourth-order valence-corrected chi connectivity index (χ4v) is 3.87. The Bertz CT molecular complexity index is 628. The van der Waals surface area contributed by atoms with Gasteiger partial charge in [0.05, 0.1) is 25.9 Å². The number of esters is 1. The molecule has 1 unspecified atom stereocenters. The van der Waals surface area contributed by atoms with Crippen LogP contribution in [0.25, 0.3) is 0 Å². The predicted octanol–water partition coefficient (Wildman–Crippen LogP) is 3.92. The minimum atomic E-state index is -1.39. The van der Waals surface area contributed by atoms with Crippen molar-refractivity contribution in [3.05, 3.63) is 12.0 Å². The molecule has 188 valence electrons. The lowest BCUT2D eigenvalue weighted by Gasteiger charge is -2.26. The average Bonchev–Trinajstić information content (AvgIpc) is 3.21. The highest BCUT2D eigenvalue weighted by Gasteiger charge is 2.36. The van der Waals surface area contributed by atoms with Gasteiger partial charge in [0.25, 0.3) is 18.0 Å². The third kappa shape index (κ3) is 11.1. The molecule has 0 saturated carbocycles. The van der Waals surface area contributed by atoms with Gasteiger partial charge in [-0.15, -0.1) is 0 Å². The van der Waals surface area contributed by atoms with E-state index in [0.29, 0.717) is 32.9 Å². The summed E-state index contributed by atoms with van der Waals surface area (Å²) in [7, 11) is 0. The number of morpholine rings is 1. The van der Waals surface area contributed by atoms with Crippen molar-refractivity contribution in [2.24, 2.45) is 0 Å². The van der Waals surface area contributed by atoms with Crippen molar-refractivity contribution in [2.75, 3.05) is 39.5 Å². The molecule has 0 aromatic rings. The molecule has 1 atom stereocenters. The molecule has 1 amide bonds. The van der Waals surface area contributed by atoms with E-state index in [0.717, 1.165) is 12.8 Å². The third-order valence-corrected chi connectivity index (χ3v) is 5.91. The van der Waals surface area contributed by atoms with Crippen molar-refractivity contribution in [1.29, 1.82) is 0 Å². The zero-order valence-electron chi connectivity index (χ0n) is 20.2. The zero-order chi connectivity index (χ0) is 23.7. The Morgan fingerprint density at radius 1 is 0.939 bits per heavy atom. The molecule has 0 N–H and O–H groups in total. The van der Waals surface area contributed by atoms with Crippen LogP contribution in [-0.4, -0.2) is 68.2 Å². The lowest BCUT2D eigenvalue weighted by Crippen LogP contribution is -2.43. The van der Waals surface area contributed by atoms with Gasteiger partial charge in [-0.05, 0) is 6.42 Å². The number of hydrogen-bond donors (Lipinski definition) is 0. The molecule has 1 saturated heterocycles. The molecule has 8 heteroatoms. The van der Waals surface area contributed by atoms with Crippen LogP contribution in [0.5, 0.6) is 0 Å². The van der Waals surface area contributed by atoms with Crippen LogP contribution in [0.3, 0.4) is 0 Å². The highest BCUT2D eigenvalue weighted by molar-refractivity contribution is 6.09. The molecule has 0 radical (unpaired) electrons. The minimum Gasteiger partial charge on any atom is -0.465 e. The molecule has 0 aromatic carbocycles. The summed E-state index contributed by atoms with van der Waals surface area (Å²) in [6.07, 6.45) is 14.8. The first-order valence-electron chi connectivity index (χ1n) is 12.7. The van der Waals surface area contributed by atoms with Crippen molar-refractivity contribution in [2.45, 2.75) is 90.1 Å². The van der Waals surface area contributed by atoms with Crippen molar-refractivity contribution in [1.82, 2.24) is 4.90 Å². The third-order valence-electron chi connectivity index (χ3n) is 5.91. The normalized spacial score (nSPS) is 18.1. The summed E-state index contributed by atoms with van der Waals surface area (Å²) in [6, 6.07) is 0. The molecule has 0 aromatic heterocycles. The second-order valence-corrected chi connectivity index (χ2v) is 8.70. The molecule has 8 nitrogen and oxygen atoms in total. The van der Waals surface area contributed by atoms with Crippen LogP contribution >= 0.6 is 0 Å². The van der Waals surface area contributed by atoms with E-state index in [1.165, 1.54) is 70.3 Å². The van der Waals surface area contributed by atoms with E-state index in [1.54, 1.807) is 4.90 Å². The smallest absolute Gasteiger partial charge is 0.356 e. The van der Waals surface area contributed by atoms with E-state index in [4.69, 9.17) is 18.9 Å². The number of hydrogen-bond acceptors (Lipinski definition) is 7. The van der Waals surface area contributed by atoms with E-state index in [-0.39, 0.29) is 11.9 Å². The number of rotatable bonds is 17. The van der Waals surface area contributed by atoms with Crippen molar-refractivity contribution >= 4 is 17.7 Å². The first-order chi connectivity index (χ1) is 16.1. The Morgan fingerprint density at radius 2 is 1.52 bits per heavy atom. The summed E-state index contributed by atoms with van der Waals surface area (Å²) < 4.78 is 20.9. The number of unbranched alkanes of at least 4 members (excludes halogenated alkanes) is 11. The molecular formula is C25H41NO7. The second kappa shape index (κ2) is 16.5. The minimum absolute atomic E-state index is 0.0459. The highest BCUT2D eigenvalue weighted by Crippen LogP contribution is 2.18. The summed E-state index contributed by atoms with van der Waals surface area (Å²) in [5.74, 6) is -1.66. The van der Waals surface area contributed by atoms with Gasteiger partial charge >= 0.3 is 5.97 Å². The largest absolute Gasteiger partial charge is 0.465 e. The number of amides is 1. The molecule has 2 aliphatic heterocycles. The molecule has 0 aliphatic carbocycles. The Morgan fingerprint density at radius 3 is 2.12 bits per heavy atom. The topological polar surface area (TPSA) is 91.4 Å². The van der Waals surface area contributed by atoms with Gasteiger partial charge in [0.1, 0.15) is 0 Å². The maximum Gasteiger partial charge on any atom is 0.356 e. The number of carbonyl (C=O) groups is 3. The number of carbonyl (C=O) groups excluding carboxylic acids is 3. The summed E-state index contributed by atoms with van der Waals surface area (Å²) >= 11 is 0. The van der Waals surface area contributed by atoms with E-state index >= 15 is 0 Å². The lowest BCUT2D eigenvalue weighted by atomic mass is 10.1. The molecule has 2 heterocycles. The van der Waals surface area contributed by atoms with Gasteiger partial charge in [-0.3, -0.25) is 9.59 Å². The molecule has 1 fully saturated rings. The number of nitrogens with zero attached hydrogens (tertiary/aromatic N) is 1. The summed E-state index contributed by atoms with van der Waals surface area (Å²) in [4.78, 5) is 37.7. The van der Waals surface area contributed by atoms with Crippen molar-refractivity contribution in [3.63, 3.8) is 0 Å². The Kier molecular flexibility index (Phi) is 13.6. The monoisotopic (exact) mass is 467 g/mol. The van der Waals surface area contributed by atoms with Gasteiger partial charge in [-0.1, -0.05) is 77.6 Å². The van der Waals surface area contributed by atoms with Crippen LogP contribution in [0.1, 0.15) is 84.0 Å². The van der Waals surface area contributed by atoms with Gasteiger partial charge < -0.3 is 23.8 Å². The van der Waals surface area contributed by atoms with Crippen molar-refractivity contribution in [3.8, 4) is 0 Å². The quantitative estimate of drug-likeness (QED) is 0.182. The van der Waals surface area contributed by atoms with Crippen LogP contribution in [0.15, 0.2) is 12.0 Å². The highest BCUT2D eigenvalue weighted by atomic mass is 16.7. The SMILES string of the molecule is CCCCCCCCCCCCCCOC1=CC(=O)C(C(=O)OCC(=O)N2CCOCC2)O1. The average molecular weight is 468 g/mol. The van der Waals surface area contributed by atoms with Crippen LogP contribution in [-0.2, 0) is 33.3 Å². The molecule has 2 aliphatic rings. The maximum atomic E-state index is 12.1. The van der Waals surface area contributed by atoms with Gasteiger partial charge in [-0.25, -0.2) is 4.79 Å². The molecule has 0 spiro atoms. The summed E-state index contributed by atoms with van der Waals surface area (Å²) in [6.45, 7) is 4.13. The van der Waals surface area contributed by atoms with Crippen LogP contribution in [0, 0.1) is 0 Å². The van der Waals surface area contributed by atoms with E-state index in [1.807, 2.05) is 0 Å². The second-order valence-electron chi connectivity index (χ2n) is 8.70. The lowest BCUT2D eigenvalue weighted by molar-refractivity contribution is -0.164. The van der Waals surface area contributed by atoms with E-state index in [9.17, 15) is 14.4 Å². The maximum absolute atomic E-state index is 12.1. The Hall–Kier alpha value is -2.09. The number of ketones is 1. The van der Waals surface area contributed by atoms with Crippen LogP contribution < -0.4 is 0 Å². The van der Waals surface area contributed by atoms with Gasteiger partial charge in [0, 0.05) is 13.1 Å². The Balaban J connectivity index is 1.46. The number of ether oxygens (including phenoxy) is 4. The zero-order valence-corrected chi connectivity index (χ0v) is 20.2.